The first kappa shape index (κ1) is 26.9. The molecule has 0 aliphatic heterocycles. The van der Waals surface area contributed by atoms with Crippen LogP contribution in [0.15, 0.2) is 42.5 Å². The molecule has 0 saturated heterocycles. The first-order valence-corrected chi connectivity index (χ1v) is 13.0. The molecule has 0 unspecified atom stereocenters. The Morgan fingerprint density at radius 2 is 1.18 bits per heavy atom. The van der Waals surface area contributed by atoms with E-state index in [0.29, 0.717) is 6.61 Å². The molecule has 0 amide bonds. The monoisotopic (exact) mass is 454 g/mol. The first-order chi connectivity index (χ1) is 16.2. The van der Waals surface area contributed by atoms with Gasteiger partial charge in [0, 0.05) is 0 Å². The van der Waals surface area contributed by atoms with Crippen molar-refractivity contribution in [2.45, 2.75) is 103 Å². The minimum atomic E-state index is -0.370. The molecule has 4 heteroatoms. The van der Waals surface area contributed by atoms with Crippen LogP contribution in [0.5, 0.6) is 0 Å². The minimum absolute atomic E-state index is 0.0604. The number of benzene rings is 2. The second-order valence-corrected chi connectivity index (χ2v) is 8.95. The Morgan fingerprint density at radius 1 is 0.636 bits per heavy atom. The summed E-state index contributed by atoms with van der Waals surface area (Å²) in [7, 11) is 0. The molecule has 0 radical (unpaired) electrons. The van der Waals surface area contributed by atoms with Crippen LogP contribution in [0.1, 0.15) is 102 Å². The zero-order valence-corrected chi connectivity index (χ0v) is 20.5. The van der Waals surface area contributed by atoms with Crippen molar-refractivity contribution in [3.05, 3.63) is 48.0 Å². The summed E-state index contributed by atoms with van der Waals surface area (Å²) in [5.41, 5.74) is 0.941. The van der Waals surface area contributed by atoms with Crippen molar-refractivity contribution >= 4 is 22.7 Å². The fraction of sp³-hybridized carbons (Fsp3) is 0.586. The van der Waals surface area contributed by atoms with Crippen LogP contribution in [0, 0.1) is 0 Å². The third kappa shape index (κ3) is 12.5. The SMILES string of the molecule is CCCCCCCCCCCCCCOC(=O)CCC(=O)OCc1ccc2ccccc2c1. The van der Waals surface area contributed by atoms with Gasteiger partial charge in [-0.3, -0.25) is 9.59 Å². The van der Waals surface area contributed by atoms with Gasteiger partial charge in [-0.15, -0.1) is 0 Å². The molecule has 0 atom stereocenters. The molecule has 33 heavy (non-hydrogen) atoms. The van der Waals surface area contributed by atoms with Crippen molar-refractivity contribution in [3.63, 3.8) is 0 Å². The number of unbranched alkanes of at least 4 members (excludes halogenated alkanes) is 11. The number of esters is 2. The van der Waals surface area contributed by atoms with Crippen LogP contribution in [-0.4, -0.2) is 18.5 Å². The summed E-state index contributed by atoms with van der Waals surface area (Å²) in [5.74, 6) is -0.689. The first-order valence-electron chi connectivity index (χ1n) is 13.0. The van der Waals surface area contributed by atoms with Crippen LogP contribution in [0.25, 0.3) is 10.8 Å². The topological polar surface area (TPSA) is 52.6 Å². The van der Waals surface area contributed by atoms with Crippen molar-refractivity contribution in [2.75, 3.05) is 6.61 Å². The molecule has 0 heterocycles. The fourth-order valence-corrected chi connectivity index (χ4v) is 3.97. The second-order valence-electron chi connectivity index (χ2n) is 8.95. The standard InChI is InChI=1S/C29H42O4/c1-2-3-4-5-6-7-8-9-10-11-12-15-22-32-28(30)20-21-29(31)33-24-25-18-19-26-16-13-14-17-27(26)23-25/h13-14,16-19,23H,2-12,15,20-22,24H2,1H3. The maximum Gasteiger partial charge on any atom is 0.306 e. The average molecular weight is 455 g/mol. The van der Waals surface area contributed by atoms with Gasteiger partial charge < -0.3 is 9.47 Å². The van der Waals surface area contributed by atoms with Crippen LogP contribution in [0.3, 0.4) is 0 Å². The molecular formula is C29H42O4. The molecule has 0 fully saturated rings. The molecule has 2 aromatic rings. The minimum Gasteiger partial charge on any atom is -0.466 e. The zero-order chi connectivity index (χ0) is 23.6. The average Bonchev–Trinajstić information content (AvgIpc) is 2.84. The van der Waals surface area contributed by atoms with E-state index in [1.807, 2.05) is 42.5 Å². The number of hydrogen-bond acceptors (Lipinski definition) is 4. The third-order valence-electron chi connectivity index (χ3n) is 6.01. The molecule has 0 N–H and O–H groups in total. The van der Waals surface area contributed by atoms with E-state index in [9.17, 15) is 9.59 Å². The van der Waals surface area contributed by atoms with Crippen molar-refractivity contribution in [1.29, 1.82) is 0 Å². The molecule has 0 aliphatic rings. The Balaban J connectivity index is 1.41. The molecule has 2 rings (SSSR count). The van der Waals surface area contributed by atoms with Gasteiger partial charge in [-0.2, -0.15) is 0 Å². The molecule has 0 saturated carbocycles. The number of carbonyl (C=O) groups is 2. The van der Waals surface area contributed by atoms with Crippen molar-refractivity contribution in [3.8, 4) is 0 Å². The van der Waals surface area contributed by atoms with E-state index in [-0.39, 0.29) is 31.4 Å². The Morgan fingerprint density at radius 3 is 1.82 bits per heavy atom. The van der Waals surface area contributed by atoms with Gasteiger partial charge in [0.05, 0.1) is 19.4 Å². The molecule has 0 aliphatic carbocycles. The molecule has 4 nitrogen and oxygen atoms in total. The van der Waals surface area contributed by atoms with Gasteiger partial charge in [0.2, 0.25) is 0 Å². The van der Waals surface area contributed by atoms with Crippen LogP contribution in [0.2, 0.25) is 0 Å². The highest BCUT2D eigenvalue weighted by Crippen LogP contribution is 2.16. The smallest absolute Gasteiger partial charge is 0.306 e. The largest absolute Gasteiger partial charge is 0.466 e. The molecule has 182 valence electrons. The van der Waals surface area contributed by atoms with Gasteiger partial charge in [-0.05, 0) is 28.8 Å². The van der Waals surface area contributed by atoms with Gasteiger partial charge in [0.15, 0.2) is 0 Å². The van der Waals surface area contributed by atoms with E-state index in [1.54, 1.807) is 0 Å². The van der Waals surface area contributed by atoms with E-state index >= 15 is 0 Å². The van der Waals surface area contributed by atoms with Crippen LogP contribution < -0.4 is 0 Å². The normalized spacial score (nSPS) is 10.9. The second kappa shape index (κ2) is 17.2. The van der Waals surface area contributed by atoms with Gasteiger partial charge in [0.25, 0.3) is 0 Å². The number of rotatable bonds is 18. The summed E-state index contributed by atoms with van der Waals surface area (Å²) < 4.78 is 10.6. The van der Waals surface area contributed by atoms with E-state index in [4.69, 9.17) is 9.47 Å². The maximum absolute atomic E-state index is 11.9. The van der Waals surface area contributed by atoms with Crippen molar-refractivity contribution < 1.29 is 19.1 Å². The van der Waals surface area contributed by atoms with E-state index < -0.39 is 0 Å². The highest BCUT2D eigenvalue weighted by atomic mass is 16.5. The molecule has 2 aromatic carbocycles. The molecular weight excluding hydrogens is 412 g/mol. The van der Waals surface area contributed by atoms with Gasteiger partial charge in [0.1, 0.15) is 6.61 Å². The quantitative estimate of drug-likeness (QED) is 0.170. The predicted molar refractivity (Wildman–Crippen MR) is 135 cm³/mol. The molecule has 0 spiro atoms. The lowest BCUT2D eigenvalue weighted by Gasteiger charge is -2.07. The van der Waals surface area contributed by atoms with Crippen LogP contribution in [0.4, 0.5) is 0 Å². The lowest BCUT2D eigenvalue weighted by Crippen LogP contribution is -2.11. The van der Waals surface area contributed by atoms with Gasteiger partial charge in [-0.25, -0.2) is 0 Å². The predicted octanol–water partition coefficient (Wildman–Crippen LogP) is 7.91. The van der Waals surface area contributed by atoms with Crippen molar-refractivity contribution in [1.82, 2.24) is 0 Å². The van der Waals surface area contributed by atoms with E-state index in [1.165, 1.54) is 64.2 Å². The molecule has 0 bridgehead atoms. The van der Waals surface area contributed by atoms with Crippen LogP contribution >= 0.6 is 0 Å². The maximum atomic E-state index is 11.9. The number of hydrogen-bond donors (Lipinski definition) is 0. The summed E-state index contributed by atoms with van der Waals surface area (Å²) in [6, 6.07) is 14.1. The highest BCUT2D eigenvalue weighted by Gasteiger charge is 2.09. The third-order valence-corrected chi connectivity index (χ3v) is 6.01. The molecule has 0 aromatic heterocycles. The zero-order valence-electron chi connectivity index (χ0n) is 20.5. The fourth-order valence-electron chi connectivity index (χ4n) is 3.97. The number of carbonyl (C=O) groups excluding carboxylic acids is 2. The Labute approximate surface area is 200 Å². The summed E-state index contributed by atoms with van der Waals surface area (Å²) in [6.45, 7) is 2.92. The lowest BCUT2D eigenvalue weighted by molar-refractivity contribution is -0.151. The summed E-state index contributed by atoms with van der Waals surface area (Å²) >= 11 is 0. The summed E-state index contributed by atoms with van der Waals surface area (Å²) in [6.07, 6.45) is 15.5. The summed E-state index contributed by atoms with van der Waals surface area (Å²) in [5, 5.41) is 2.27. The Hall–Kier alpha value is -2.36. The Kier molecular flexibility index (Phi) is 14.0. The lowest BCUT2D eigenvalue weighted by atomic mass is 10.1. The number of ether oxygens (including phenoxy) is 2. The highest BCUT2D eigenvalue weighted by molar-refractivity contribution is 5.83. The van der Waals surface area contributed by atoms with Crippen LogP contribution in [-0.2, 0) is 25.7 Å². The Bertz CT molecular complexity index is 814. The number of fused-ring (bicyclic) bond motifs is 1. The summed E-state index contributed by atoms with van der Waals surface area (Å²) in [4.78, 5) is 23.8. The van der Waals surface area contributed by atoms with E-state index in [0.717, 1.165) is 29.2 Å². The van der Waals surface area contributed by atoms with E-state index in [2.05, 4.69) is 6.92 Å². The van der Waals surface area contributed by atoms with Crippen molar-refractivity contribution in [2.24, 2.45) is 0 Å². The van der Waals surface area contributed by atoms with Gasteiger partial charge >= 0.3 is 11.9 Å². The van der Waals surface area contributed by atoms with Gasteiger partial charge in [-0.1, -0.05) is 114 Å².